The molecule has 516 valence electrons. The summed E-state index contributed by atoms with van der Waals surface area (Å²) >= 11 is 0. The Hall–Kier alpha value is -11.5. The first-order valence-corrected chi connectivity index (χ1v) is 34.5. The molecule has 4 unspecified atom stereocenters. The average molecular weight is 1370 g/mol. The van der Waals surface area contributed by atoms with E-state index in [-0.39, 0.29) is 58.8 Å². The molecule has 4 atom stereocenters. The van der Waals surface area contributed by atoms with Gasteiger partial charge in [-0.2, -0.15) is 0 Å². The van der Waals surface area contributed by atoms with Crippen LogP contribution in [-0.4, -0.2) is 47.8 Å². The minimum Gasteiger partial charge on any atom is -0.426 e. The van der Waals surface area contributed by atoms with E-state index in [9.17, 15) is 38.4 Å². The molecule has 13 rings (SSSR count). The Labute approximate surface area is 589 Å². The maximum Gasteiger partial charge on any atom is 0.308 e. The van der Waals surface area contributed by atoms with E-state index < -0.39 is 71.4 Å². The molecule has 16 nitrogen and oxygen atoms in total. The SMILES string of the molecule is CCCC1c2cc(c(OC(C)=O)cc2OC(C)=O)C(CCC)c2cc(c(OC(C)=O)cc2OC(C)=O)C(CCc2cc3cccc4ccc5cccc2c5c43)c2cc(c(OC(C)=O)cc2OC(C)=O)C(CCc2cc3cccc4ccc5cccc2c5c43)c2cc1c(OC(C)=O)cc2OC(C)=O. The number of fused-ring (bicyclic) bond motifs is 8. The van der Waals surface area contributed by atoms with Crippen LogP contribution in [0.1, 0.15) is 187 Å². The fourth-order valence-corrected chi connectivity index (χ4v) is 15.7. The van der Waals surface area contributed by atoms with Crippen LogP contribution in [0.5, 0.6) is 46.0 Å². The van der Waals surface area contributed by atoms with Crippen molar-refractivity contribution >= 4 is 112 Å². The number of benzene rings is 12. The molecule has 0 N–H and O–H groups in total. The van der Waals surface area contributed by atoms with Crippen LogP contribution in [0.15, 0.2) is 158 Å². The number of rotatable bonds is 18. The van der Waals surface area contributed by atoms with Crippen LogP contribution in [0.2, 0.25) is 0 Å². The van der Waals surface area contributed by atoms with Crippen molar-refractivity contribution in [2.45, 2.75) is 144 Å². The number of ether oxygens (including phenoxy) is 8. The minimum atomic E-state index is -0.984. The van der Waals surface area contributed by atoms with Gasteiger partial charge in [-0.05, 0) is 139 Å². The smallest absolute Gasteiger partial charge is 0.308 e. The monoisotopic (exact) mass is 1360 g/mol. The van der Waals surface area contributed by atoms with Gasteiger partial charge in [-0.15, -0.1) is 0 Å². The molecule has 16 heteroatoms. The van der Waals surface area contributed by atoms with Gasteiger partial charge in [0.25, 0.3) is 0 Å². The zero-order chi connectivity index (χ0) is 71.9. The molecule has 0 amide bonds. The second kappa shape index (κ2) is 28.6. The summed E-state index contributed by atoms with van der Waals surface area (Å²) in [6.45, 7) is 14.0. The van der Waals surface area contributed by atoms with Crippen molar-refractivity contribution in [2.24, 2.45) is 0 Å². The lowest BCUT2D eigenvalue weighted by Crippen LogP contribution is -2.19. The summed E-state index contributed by atoms with van der Waals surface area (Å²) in [5, 5.41) is 12.6. The largest absolute Gasteiger partial charge is 0.426 e. The fraction of sp³-hybridized carbons (Fsp3) is 0.256. The van der Waals surface area contributed by atoms with Crippen LogP contribution in [0, 0.1) is 0 Å². The normalized spacial score (nSPS) is 15.0. The van der Waals surface area contributed by atoms with Crippen LogP contribution in [0.4, 0.5) is 0 Å². The average Bonchev–Trinajstić information content (AvgIpc) is 0.748. The Morgan fingerprint density at radius 1 is 0.255 bits per heavy atom. The third-order valence-corrected chi connectivity index (χ3v) is 19.3. The standard InChI is InChI=1S/C86H76O16/c1-11-17-63-67-37-68(76(96-46(4)88)41-75(67)95-45(3)87)64(18-12-2)70-39-72(80(100-50(8)92)43-78(70)98-48(6)90)66(34-32-58-36-60-24-14-20-54-28-30-56-22-16-26-62(58)86(56)84(54)60)74-40-73(81(101-51(9)93)44-82(74)102-52(10)94)65(71-38-69(63)77(97-47(5)89)42-79(71)99-49(7)91)33-31-57-35-59-23-13-19-53-27-29-55-21-15-25-61(57)85(55)83(53)59/h13-16,19-30,35-44,63-66H,11-12,17-18,31-34H2,1-10H3. The highest BCUT2D eigenvalue weighted by atomic mass is 16.6. The van der Waals surface area contributed by atoms with Crippen LogP contribution >= 0.6 is 0 Å². The van der Waals surface area contributed by atoms with E-state index >= 15 is 0 Å². The van der Waals surface area contributed by atoms with Crippen LogP contribution in [0.3, 0.4) is 0 Å². The molecule has 0 aliphatic heterocycles. The zero-order valence-corrected chi connectivity index (χ0v) is 58.5. The molecular weight excluding hydrogens is 1290 g/mol. The van der Waals surface area contributed by atoms with Gasteiger partial charge in [-0.25, -0.2) is 0 Å². The number of carbonyl (C=O) groups is 8. The minimum absolute atomic E-state index is 0.00236. The third-order valence-electron chi connectivity index (χ3n) is 19.3. The van der Waals surface area contributed by atoms with Crippen molar-refractivity contribution in [2.75, 3.05) is 0 Å². The number of aryl methyl sites for hydroxylation is 2. The molecule has 0 heterocycles. The highest BCUT2D eigenvalue weighted by Gasteiger charge is 2.37. The third kappa shape index (κ3) is 13.7. The second-order valence-corrected chi connectivity index (χ2v) is 26.5. The van der Waals surface area contributed by atoms with Crippen molar-refractivity contribution in [1.29, 1.82) is 0 Å². The quantitative estimate of drug-likeness (QED) is 0.0444. The molecule has 8 bridgehead atoms. The van der Waals surface area contributed by atoms with E-state index in [1.165, 1.54) is 79.7 Å². The molecule has 0 saturated heterocycles. The van der Waals surface area contributed by atoms with Crippen molar-refractivity contribution in [3.8, 4) is 46.0 Å². The van der Waals surface area contributed by atoms with E-state index in [2.05, 4.69) is 84.9 Å². The van der Waals surface area contributed by atoms with E-state index in [0.29, 0.717) is 83.0 Å². The van der Waals surface area contributed by atoms with Crippen LogP contribution < -0.4 is 37.9 Å². The molecule has 102 heavy (non-hydrogen) atoms. The first-order chi connectivity index (χ1) is 49.0. The zero-order valence-electron chi connectivity index (χ0n) is 58.5. The summed E-state index contributed by atoms with van der Waals surface area (Å²) in [6, 6.07) is 51.0. The first-order valence-electron chi connectivity index (χ1n) is 34.5. The van der Waals surface area contributed by atoms with Gasteiger partial charge in [0.15, 0.2) is 0 Å². The Morgan fingerprint density at radius 3 is 0.706 bits per heavy atom. The van der Waals surface area contributed by atoms with Gasteiger partial charge < -0.3 is 37.9 Å². The summed E-state index contributed by atoms with van der Waals surface area (Å²) < 4.78 is 50.5. The van der Waals surface area contributed by atoms with Gasteiger partial charge in [-0.1, -0.05) is 136 Å². The molecule has 12 aromatic carbocycles. The summed E-state index contributed by atoms with van der Waals surface area (Å²) in [4.78, 5) is 111. The maximum absolute atomic E-state index is 14.0. The van der Waals surface area contributed by atoms with Gasteiger partial charge in [-0.3, -0.25) is 38.4 Å². The molecule has 0 fully saturated rings. The van der Waals surface area contributed by atoms with Gasteiger partial charge in [0, 0.05) is 148 Å². The van der Waals surface area contributed by atoms with E-state index in [4.69, 9.17) is 37.9 Å². The summed E-state index contributed by atoms with van der Waals surface area (Å²) in [7, 11) is 0. The second-order valence-electron chi connectivity index (χ2n) is 26.5. The number of carbonyl (C=O) groups excluding carboxylic acids is 8. The van der Waals surface area contributed by atoms with Crippen molar-refractivity contribution in [1.82, 2.24) is 0 Å². The Morgan fingerprint density at radius 2 is 0.471 bits per heavy atom. The van der Waals surface area contributed by atoms with Crippen molar-refractivity contribution < 1.29 is 76.3 Å². The first kappa shape index (κ1) is 69.0. The molecule has 1 aliphatic carbocycles. The molecule has 0 radical (unpaired) electrons. The maximum atomic E-state index is 14.0. The Balaban J connectivity index is 1.20. The Kier molecular flexibility index (Phi) is 19.3. The predicted molar refractivity (Wildman–Crippen MR) is 390 cm³/mol. The summed E-state index contributed by atoms with van der Waals surface area (Å²) in [6.07, 6.45) is 2.58. The molecular formula is C86H76O16. The molecule has 0 aromatic heterocycles. The molecule has 0 spiro atoms. The van der Waals surface area contributed by atoms with Crippen LogP contribution in [0.25, 0.3) is 64.6 Å². The number of esters is 8. The van der Waals surface area contributed by atoms with Gasteiger partial charge in [0.2, 0.25) is 0 Å². The lowest BCUT2D eigenvalue weighted by Gasteiger charge is -2.31. The highest BCUT2D eigenvalue weighted by Crippen LogP contribution is 2.55. The fourth-order valence-electron chi connectivity index (χ4n) is 15.7. The lowest BCUT2D eigenvalue weighted by atomic mass is 9.76. The van der Waals surface area contributed by atoms with Crippen LogP contribution in [-0.2, 0) is 51.2 Å². The molecule has 12 aromatic rings. The highest BCUT2D eigenvalue weighted by molar-refractivity contribution is 6.25. The van der Waals surface area contributed by atoms with Crippen molar-refractivity contribution in [3.63, 3.8) is 0 Å². The summed E-state index contributed by atoms with van der Waals surface area (Å²) in [5.41, 5.74) is 4.94. The van der Waals surface area contributed by atoms with Gasteiger partial charge in [0.05, 0.1) is 0 Å². The molecule has 1 aliphatic rings. The van der Waals surface area contributed by atoms with Gasteiger partial charge in [0.1, 0.15) is 46.0 Å². The summed E-state index contributed by atoms with van der Waals surface area (Å²) in [5.74, 6) is -9.49. The molecule has 0 saturated carbocycles. The number of hydrogen-bond donors (Lipinski definition) is 0. The van der Waals surface area contributed by atoms with Crippen molar-refractivity contribution in [3.05, 3.63) is 213 Å². The predicted octanol–water partition coefficient (Wildman–Crippen LogP) is 18.6. The van der Waals surface area contributed by atoms with Gasteiger partial charge >= 0.3 is 47.8 Å². The number of hydrogen-bond acceptors (Lipinski definition) is 16. The topological polar surface area (TPSA) is 210 Å². The van der Waals surface area contributed by atoms with E-state index in [0.717, 1.165) is 75.8 Å². The van der Waals surface area contributed by atoms with E-state index in [1.807, 2.05) is 56.3 Å². The Bertz CT molecular complexity index is 5080. The van der Waals surface area contributed by atoms with E-state index in [1.54, 1.807) is 6.07 Å². The lowest BCUT2D eigenvalue weighted by molar-refractivity contribution is -0.133.